The minimum absolute atomic E-state index is 0.927. The lowest BCUT2D eigenvalue weighted by molar-refractivity contribution is 0.669. The fourth-order valence-electron chi connectivity index (χ4n) is 5.18. The van der Waals surface area contributed by atoms with Crippen molar-refractivity contribution in [1.29, 1.82) is 0 Å². The molecule has 7 aromatic rings. The highest BCUT2D eigenvalue weighted by molar-refractivity contribution is 6.27. The third kappa shape index (κ3) is 2.68. The summed E-state index contributed by atoms with van der Waals surface area (Å²) in [6.45, 7) is 2.15. The van der Waals surface area contributed by atoms with Crippen LogP contribution < -0.4 is 0 Å². The highest BCUT2D eigenvalue weighted by atomic mass is 16.3. The van der Waals surface area contributed by atoms with Gasteiger partial charge in [0, 0.05) is 27.2 Å². The van der Waals surface area contributed by atoms with Gasteiger partial charge < -0.3 is 8.98 Å². The van der Waals surface area contributed by atoms with Gasteiger partial charge >= 0.3 is 0 Å². The van der Waals surface area contributed by atoms with Crippen molar-refractivity contribution in [3.8, 4) is 16.8 Å². The maximum Gasteiger partial charge on any atom is 0.136 e. The molecule has 0 fully saturated rings. The Kier molecular flexibility index (Phi) is 3.80. The molecule has 2 nitrogen and oxygen atoms in total. The van der Waals surface area contributed by atoms with Crippen LogP contribution in [0.25, 0.3) is 60.6 Å². The highest BCUT2D eigenvalue weighted by Gasteiger charge is 2.19. The molecule has 2 heteroatoms. The molecular weight excluding hydrogens is 402 g/mol. The van der Waals surface area contributed by atoms with Crippen LogP contribution in [-0.2, 0) is 0 Å². The first-order chi connectivity index (χ1) is 16.3. The number of hydrogen-bond donors (Lipinski definition) is 0. The van der Waals surface area contributed by atoms with E-state index in [4.69, 9.17) is 4.42 Å². The molecule has 0 saturated heterocycles. The number of para-hydroxylation sites is 1. The Morgan fingerprint density at radius 3 is 2.24 bits per heavy atom. The second kappa shape index (κ2) is 6.85. The van der Waals surface area contributed by atoms with Crippen molar-refractivity contribution in [2.75, 3.05) is 0 Å². The number of aryl methyl sites for hydroxylation is 1. The van der Waals surface area contributed by atoms with Crippen LogP contribution in [0.2, 0.25) is 0 Å². The number of benzene rings is 5. The molecule has 2 aromatic heterocycles. The average Bonchev–Trinajstić information content (AvgIpc) is 3.39. The molecule has 0 unspecified atom stereocenters. The maximum atomic E-state index is 6.25. The summed E-state index contributed by atoms with van der Waals surface area (Å²) < 4.78 is 8.63. The fraction of sp³-hybridized carbons (Fsp3) is 0.0323. The van der Waals surface area contributed by atoms with Crippen LogP contribution in [-0.4, -0.2) is 4.57 Å². The lowest BCUT2D eigenvalue weighted by Crippen LogP contribution is -1.94. The van der Waals surface area contributed by atoms with Gasteiger partial charge in [-0.3, -0.25) is 0 Å². The Morgan fingerprint density at radius 1 is 0.545 bits per heavy atom. The van der Waals surface area contributed by atoms with Gasteiger partial charge in [0.05, 0.1) is 11.0 Å². The van der Waals surface area contributed by atoms with Gasteiger partial charge in [0.25, 0.3) is 0 Å². The predicted octanol–water partition coefficient (Wildman–Crippen LogP) is 8.66. The molecule has 0 radical (unpaired) electrons. The molecule has 0 bridgehead atoms. The zero-order chi connectivity index (χ0) is 21.9. The molecule has 0 amide bonds. The van der Waals surface area contributed by atoms with E-state index in [9.17, 15) is 0 Å². The number of rotatable bonds is 2. The number of fused-ring (bicyclic) bond motifs is 7. The van der Waals surface area contributed by atoms with Crippen molar-refractivity contribution in [2.24, 2.45) is 0 Å². The van der Waals surface area contributed by atoms with Gasteiger partial charge in [0.15, 0.2) is 0 Å². The van der Waals surface area contributed by atoms with Crippen LogP contribution in [0, 0.1) is 6.92 Å². The molecule has 33 heavy (non-hydrogen) atoms. The Labute approximate surface area is 191 Å². The Bertz CT molecular complexity index is 1820. The maximum absolute atomic E-state index is 6.25. The van der Waals surface area contributed by atoms with Gasteiger partial charge in [-0.25, -0.2) is 0 Å². The molecule has 0 saturated carbocycles. The van der Waals surface area contributed by atoms with Gasteiger partial charge in [0.1, 0.15) is 11.2 Å². The predicted molar refractivity (Wildman–Crippen MR) is 138 cm³/mol. The minimum atomic E-state index is 0.927. The molecule has 156 valence electrons. The summed E-state index contributed by atoms with van der Waals surface area (Å²) in [6.07, 6.45) is 0. The van der Waals surface area contributed by atoms with Gasteiger partial charge in [-0.1, -0.05) is 66.7 Å². The molecule has 0 atom stereocenters. The standard InChI is InChI=1S/C31H21NO/c1-20-8-7-11-23(18-20)32-26-15-14-22(21-9-3-2-4-10-21)19-25(26)30-27(32)16-17-29-31(30)24-12-5-6-13-28(24)33-29/h2-19H,1H3. The lowest BCUT2D eigenvalue weighted by atomic mass is 10.0. The third-order valence-corrected chi connectivity index (χ3v) is 6.64. The summed E-state index contributed by atoms with van der Waals surface area (Å²) in [5, 5.41) is 4.83. The average molecular weight is 424 g/mol. The molecule has 0 N–H and O–H groups in total. The molecule has 0 aliphatic rings. The first-order valence-corrected chi connectivity index (χ1v) is 11.3. The minimum Gasteiger partial charge on any atom is -0.456 e. The summed E-state index contributed by atoms with van der Waals surface area (Å²) in [5.74, 6) is 0. The monoisotopic (exact) mass is 423 g/mol. The van der Waals surface area contributed by atoms with E-state index in [-0.39, 0.29) is 0 Å². The Morgan fingerprint density at radius 2 is 1.36 bits per heavy atom. The summed E-state index contributed by atoms with van der Waals surface area (Å²) in [6, 6.07) is 38.8. The summed E-state index contributed by atoms with van der Waals surface area (Å²) in [5.41, 5.74) is 9.12. The summed E-state index contributed by atoms with van der Waals surface area (Å²) in [7, 11) is 0. The van der Waals surface area contributed by atoms with Gasteiger partial charge in [0.2, 0.25) is 0 Å². The lowest BCUT2D eigenvalue weighted by Gasteiger charge is -2.09. The Hall–Kier alpha value is -4.30. The van der Waals surface area contributed by atoms with Crippen molar-refractivity contribution in [3.05, 3.63) is 115 Å². The van der Waals surface area contributed by atoms with Crippen LogP contribution in [0.1, 0.15) is 5.56 Å². The van der Waals surface area contributed by atoms with Gasteiger partial charge in [-0.15, -0.1) is 0 Å². The van der Waals surface area contributed by atoms with Gasteiger partial charge in [-0.2, -0.15) is 0 Å². The van der Waals surface area contributed by atoms with Gasteiger partial charge in [-0.05, 0) is 66.1 Å². The number of aromatic nitrogens is 1. The van der Waals surface area contributed by atoms with Crippen molar-refractivity contribution in [1.82, 2.24) is 4.57 Å². The first kappa shape index (κ1) is 18.3. The number of furan rings is 1. The topological polar surface area (TPSA) is 18.1 Å². The number of nitrogens with zero attached hydrogens (tertiary/aromatic N) is 1. The first-order valence-electron chi connectivity index (χ1n) is 11.3. The van der Waals surface area contributed by atoms with Crippen molar-refractivity contribution in [3.63, 3.8) is 0 Å². The normalized spacial score (nSPS) is 11.8. The van der Waals surface area contributed by atoms with E-state index in [2.05, 4.69) is 115 Å². The van der Waals surface area contributed by atoms with Crippen LogP contribution in [0.4, 0.5) is 0 Å². The molecule has 0 spiro atoms. The zero-order valence-corrected chi connectivity index (χ0v) is 18.2. The Balaban J connectivity index is 1.69. The van der Waals surface area contributed by atoms with Crippen LogP contribution in [0.5, 0.6) is 0 Å². The van der Waals surface area contributed by atoms with E-state index in [1.165, 1.54) is 49.6 Å². The van der Waals surface area contributed by atoms with Crippen LogP contribution in [0.3, 0.4) is 0 Å². The van der Waals surface area contributed by atoms with E-state index in [0.717, 1.165) is 16.6 Å². The van der Waals surface area contributed by atoms with E-state index in [1.54, 1.807) is 0 Å². The van der Waals surface area contributed by atoms with E-state index in [1.807, 2.05) is 6.07 Å². The number of hydrogen-bond acceptors (Lipinski definition) is 1. The molecule has 0 aliphatic heterocycles. The third-order valence-electron chi connectivity index (χ3n) is 6.64. The molecular formula is C31H21NO. The molecule has 0 aliphatic carbocycles. The zero-order valence-electron chi connectivity index (χ0n) is 18.2. The van der Waals surface area contributed by atoms with E-state index in [0.29, 0.717) is 0 Å². The quantitative estimate of drug-likeness (QED) is 0.272. The molecule has 5 aromatic carbocycles. The van der Waals surface area contributed by atoms with Crippen molar-refractivity contribution in [2.45, 2.75) is 6.92 Å². The molecule has 2 heterocycles. The second-order valence-corrected chi connectivity index (χ2v) is 8.70. The largest absolute Gasteiger partial charge is 0.456 e. The second-order valence-electron chi connectivity index (χ2n) is 8.70. The van der Waals surface area contributed by atoms with Crippen LogP contribution in [0.15, 0.2) is 114 Å². The van der Waals surface area contributed by atoms with Crippen molar-refractivity contribution < 1.29 is 4.42 Å². The van der Waals surface area contributed by atoms with Crippen molar-refractivity contribution >= 4 is 43.7 Å². The molecule has 7 rings (SSSR count). The smallest absolute Gasteiger partial charge is 0.136 e. The van der Waals surface area contributed by atoms with Crippen LogP contribution >= 0.6 is 0 Å². The van der Waals surface area contributed by atoms with E-state index >= 15 is 0 Å². The SMILES string of the molecule is Cc1cccc(-n2c3ccc(-c4ccccc4)cc3c3c4c(ccc32)oc2ccccc24)c1. The summed E-state index contributed by atoms with van der Waals surface area (Å²) in [4.78, 5) is 0. The van der Waals surface area contributed by atoms with E-state index < -0.39 is 0 Å². The highest BCUT2D eigenvalue weighted by Crippen LogP contribution is 2.42. The fourth-order valence-corrected chi connectivity index (χ4v) is 5.18. The summed E-state index contributed by atoms with van der Waals surface area (Å²) >= 11 is 0.